The molecule has 26 heavy (non-hydrogen) atoms. The quantitative estimate of drug-likeness (QED) is 0.777. The topological polar surface area (TPSA) is 84.2 Å². The molecule has 1 aliphatic rings. The van der Waals surface area contributed by atoms with E-state index in [0.717, 1.165) is 31.5 Å². The van der Waals surface area contributed by atoms with Crippen LogP contribution in [0.4, 0.5) is 11.6 Å². The van der Waals surface area contributed by atoms with Crippen LogP contribution in [0.1, 0.15) is 29.8 Å². The fraction of sp³-hybridized carbons (Fsp3) is 0.263. The molecule has 7 heteroatoms. The van der Waals surface area contributed by atoms with Crippen molar-refractivity contribution >= 4 is 17.5 Å². The zero-order chi connectivity index (χ0) is 17.8. The first kappa shape index (κ1) is 16.3. The Hall–Kier alpha value is -3.22. The molecule has 4 rings (SSSR count). The van der Waals surface area contributed by atoms with Crippen molar-refractivity contribution in [3.8, 4) is 11.3 Å². The van der Waals surface area contributed by atoms with Crippen LogP contribution in [-0.2, 0) is 0 Å². The van der Waals surface area contributed by atoms with E-state index in [1.807, 2.05) is 30.3 Å². The summed E-state index contributed by atoms with van der Waals surface area (Å²) in [6, 6.07) is 11.1. The van der Waals surface area contributed by atoms with E-state index in [2.05, 4.69) is 25.3 Å². The zero-order valence-electron chi connectivity index (χ0n) is 14.3. The predicted molar refractivity (Wildman–Crippen MR) is 98.0 cm³/mol. The molecular formula is C19H19N5O2. The molecule has 1 amide bonds. The van der Waals surface area contributed by atoms with Gasteiger partial charge in [-0.05, 0) is 19.3 Å². The first-order chi connectivity index (χ1) is 12.8. The summed E-state index contributed by atoms with van der Waals surface area (Å²) in [5.74, 6) is 0.896. The molecule has 1 aliphatic heterocycles. The number of rotatable bonds is 4. The molecule has 0 bridgehead atoms. The minimum atomic E-state index is -0.356. The third-order valence-corrected chi connectivity index (χ3v) is 4.34. The van der Waals surface area contributed by atoms with Gasteiger partial charge in [0.2, 0.25) is 5.95 Å². The lowest BCUT2D eigenvalue weighted by Gasteiger charge is -2.26. The van der Waals surface area contributed by atoms with Crippen LogP contribution in [0.3, 0.4) is 0 Å². The number of carbonyl (C=O) groups excluding carboxylic acids is 1. The molecule has 2 aromatic heterocycles. The number of piperidine rings is 1. The molecule has 3 heterocycles. The minimum Gasteiger partial charge on any atom is -0.355 e. The third-order valence-electron chi connectivity index (χ3n) is 4.34. The number of nitrogens with zero attached hydrogens (tertiary/aromatic N) is 4. The van der Waals surface area contributed by atoms with Gasteiger partial charge in [0, 0.05) is 24.7 Å². The second-order valence-corrected chi connectivity index (χ2v) is 6.22. The Morgan fingerprint density at radius 3 is 2.50 bits per heavy atom. The number of nitrogens with one attached hydrogen (secondary N) is 1. The lowest BCUT2D eigenvalue weighted by atomic mass is 10.1. The average Bonchev–Trinajstić information content (AvgIpc) is 3.20. The van der Waals surface area contributed by atoms with Gasteiger partial charge in [-0.3, -0.25) is 4.79 Å². The van der Waals surface area contributed by atoms with Gasteiger partial charge >= 0.3 is 0 Å². The van der Waals surface area contributed by atoms with Gasteiger partial charge < -0.3 is 14.7 Å². The number of hydrogen-bond donors (Lipinski definition) is 1. The number of anilines is 2. The SMILES string of the molecule is O=C(Nc1cnc(N2CCCCC2)nc1)c1cc(-c2ccccc2)on1. The third kappa shape index (κ3) is 3.56. The van der Waals surface area contributed by atoms with E-state index in [9.17, 15) is 4.79 Å². The van der Waals surface area contributed by atoms with E-state index in [1.165, 1.54) is 6.42 Å². The van der Waals surface area contributed by atoms with Crippen LogP contribution in [-0.4, -0.2) is 34.1 Å². The maximum atomic E-state index is 12.3. The zero-order valence-corrected chi connectivity index (χ0v) is 14.3. The van der Waals surface area contributed by atoms with Gasteiger partial charge in [-0.15, -0.1) is 0 Å². The number of aromatic nitrogens is 3. The van der Waals surface area contributed by atoms with Crippen LogP contribution in [0.25, 0.3) is 11.3 Å². The largest absolute Gasteiger partial charge is 0.355 e. The smallest absolute Gasteiger partial charge is 0.277 e. The molecule has 1 fully saturated rings. The molecule has 1 aromatic carbocycles. The maximum absolute atomic E-state index is 12.3. The average molecular weight is 349 g/mol. The van der Waals surface area contributed by atoms with E-state index < -0.39 is 0 Å². The summed E-state index contributed by atoms with van der Waals surface area (Å²) in [6.45, 7) is 1.96. The highest BCUT2D eigenvalue weighted by atomic mass is 16.5. The van der Waals surface area contributed by atoms with E-state index >= 15 is 0 Å². The summed E-state index contributed by atoms with van der Waals surface area (Å²) in [4.78, 5) is 23.2. The molecule has 0 saturated carbocycles. The molecular weight excluding hydrogens is 330 g/mol. The van der Waals surface area contributed by atoms with Crippen molar-refractivity contribution in [3.63, 3.8) is 0 Å². The van der Waals surface area contributed by atoms with Crippen LogP contribution in [0, 0.1) is 0 Å². The number of amides is 1. The lowest BCUT2D eigenvalue weighted by molar-refractivity contribution is 0.101. The monoisotopic (exact) mass is 349 g/mol. The van der Waals surface area contributed by atoms with Gasteiger partial charge in [0.05, 0.1) is 18.1 Å². The summed E-state index contributed by atoms with van der Waals surface area (Å²) in [5.41, 5.74) is 1.61. The Labute approximate surface area is 151 Å². The molecule has 0 radical (unpaired) electrons. The summed E-state index contributed by atoms with van der Waals surface area (Å²) < 4.78 is 5.26. The van der Waals surface area contributed by atoms with Crippen molar-refractivity contribution in [2.45, 2.75) is 19.3 Å². The highest BCUT2D eigenvalue weighted by Gasteiger charge is 2.16. The van der Waals surface area contributed by atoms with Crippen LogP contribution >= 0.6 is 0 Å². The predicted octanol–water partition coefficient (Wildman–Crippen LogP) is 3.37. The number of carbonyl (C=O) groups is 1. The standard InChI is InChI=1S/C19H19N5O2/c25-18(16-11-17(26-23-16)14-7-3-1-4-8-14)22-15-12-20-19(21-13-15)24-9-5-2-6-10-24/h1,3-4,7-8,11-13H,2,5-6,9-10H2,(H,22,25). The van der Waals surface area contributed by atoms with E-state index in [0.29, 0.717) is 17.4 Å². The normalized spacial score (nSPS) is 14.2. The molecule has 132 valence electrons. The second-order valence-electron chi connectivity index (χ2n) is 6.22. The number of hydrogen-bond acceptors (Lipinski definition) is 6. The molecule has 1 saturated heterocycles. The van der Waals surface area contributed by atoms with E-state index in [-0.39, 0.29) is 11.6 Å². The highest BCUT2D eigenvalue weighted by molar-refractivity contribution is 6.03. The molecule has 0 unspecified atom stereocenters. The Balaban J connectivity index is 1.42. The van der Waals surface area contributed by atoms with Crippen molar-refractivity contribution in [2.75, 3.05) is 23.3 Å². The van der Waals surface area contributed by atoms with Crippen molar-refractivity contribution in [1.29, 1.82) is 0 Å². The Bertz CT molecular complexity index is 870. The maximum Gasteiger partial charge on any atom is 0.277 e. The Kier molecular flexibility index (Phi) is 4.59. The summed E-state index contributed by atoms with van der Waals surface area (Å²) >= 11 is 0. The van der Waals surface area contributed by atoms with E-state index in [1.54, 1.807) is 18.5 Å². The molecule has 0 spiro atoms. The minimum absolute atomic E-state index is 0.212. The van der Waals surface area contributed by atoms with Gasteiger partial charge in [-0.25, -0.2) is 9.97 Å². The number of benzene rings is 1. The van der Waals surface area contributed by atoms with Crippen LogP contribution in [0.2, 0.25) is 0 Å². The van der Waals surface area contributed by atoms with Gasteiger partial charge in [0.1, 0.15) is 0 Å². The fourth-order valence-electron chi connectivity index (χ4n) is 2.96. The summed E-state index contributed by atoms with van der Waals surface area (Å²) in [6.07, 6.45) is 6.82. The van der Waals surface area contributed by atoms with Gasteiger partial charge in [-0.1, -0.05) is 35.5 Å². The summed E-state index contributed by atoms with van der Waals surface area (Å²) in [7, 11) is 0. The molecule has 0 atom stereocenters. The van der Waals surface area contributed by atoms with Crippen LogP contribution < -0.4 is 10.2 Å². The van der Waals surface area contributed by atoms with Gasteiger partial charge in [-0.2, -0.15) is 0 Å². The first-order valence-corrected chi connectivity index (χ1v) is 8.70. The molecule has 3 aromatic rings. The van der Waals surface area contributed by atoms with Crippen LogP contribution in [0.15, 0.2) is 53.3 Å². The summed E-state index contributed by atoms with van der Waals surface area (Å²) in [5, 5.41) is 6.59. The van der Waals surface area contributed by atoms with Crippen LogP contribution in [0.5, 0.6) is 0 Å². The molecule has 1 N–H and O–H groups in total. The molecule has 7 nitrogen and oxygen atoms in total. The van der Waals surface area contributed by atoms with Crippen molar-refractivity contribution in [1.82, 2.24) is 15.1 Å². The van der Waals surface area contributed by atoms with Gasteiger partial charge in [0.25, 0.3) is 5.91 Å². The highest BCUT2D eigenvalue weighted by Crippen LogP contribution is 2.20. The lowest BCUT2D eigenvalue weighted by Crippen LogP contribution is -2.30. The van der Waals surface area contributed by atoms with E-state index in [4.69, 9.17) is 4.52 Å². The molecule has 0 aliphatic carbocycles. The Morgan fingerprint density at radius 2 is 1.77 bits per heavy atom. The first-order valence-electron chi connectivity index (χ1n) is 8.70. The fourth-order valence-corrected chi connectivity index (χ4v) is 2.96. The second kappa shape index (κ2) is 7.35. The van der Waals surface area contributed by atoms with Crippen molar-refractivity contribution in [2.24, 2.45) is 0 Å². The Morgan fingerprint density at radius 1 is 1.04 bits per heavy atom. The van der Waals surface area contributed by atoms with Gasteiger partial charge in [0.15, 0.2) is 11.5 Å². The van der Waals surface area contributed by atoms with Crippen molar-refractivity contribution < 1.29 is 9.32 Å². The van der Waals surface area contributed by atoms with Crippen molar-refractivity contribution in [3.05, 3.63) is 54.5 Å².